The largest absolute Gasteiger partial charge is 0.228 e. The molecule has 0 aliphatic heterocycles. The number of rotatable bonds is 5. The zero-order valence-electron chi connectivity index (χ0n) is 28.4. The van der Waals surface area contributed by atoms with E-state index in [0.29, 0.717) is 5.82 Å². The van der Waals surface area contributed by atoms with Crippen LogP contribution in [0.5, 0.6) is 0 Å². The molecule has 52 heavy (non-hydrogen) atoms. The van der Waals surface area contributed by atoms with Crippen LogP contribution < -0.4 is 0 Å². The van der Waals surface area contributed by atoms with Gasteiger partial charge in [0.1, 0.15) is 0 Å². The Bertz CT molecular complexity index is 2930. The van der Waals surface area contributed by atoms with Crippen LogP contribution in [0.3, 0.4) is 0 Å². The lowest BCUT2D eigenvalue weighted by Gasteiger charge is -2.16. The minimum atomic E-state index is 0.702. The highest BCUT2D eigenvalue weighted by molar-refractivity contribution is 6.21. The number of benzene rings is 9. The van der Waals surface area contributed by atoms with Crippen molar-refractivity contribution in [2.75, 3.05) is 0 Å². The smallest absolute Gasteiger partial charge is 0.160 e. The number of hydrogen-bond acceptors (Lipinski definition) is 2. The van der Waals surface area contributed by atoms with Crippen molar-refractivity contribution in [1.82, 2.24) is 9.97 Å². The average Bonchev–Trinajstić information content (AvgIpc) is 3.23. The van der Waals surface area contributed by atoms with Gasteiger partial charge in [-0.15, -0.1) is 0 Å². The van der Waals surface area contributed by atoms with Gasteiger partial charge in [-0.1, -0.05) is 158 Å². The van der Waals surface area contributed by atoms with E-state index in [1.165, 1.54) is 43.4 Å². The Morgan fingerprint density at radius 1 is 0.269 bits per heavy atom. The summed E-state index contributed by atoms with van der Waals surface area (Å²) in [5.41, 5.74) is 10.8. The third-order valence-corrected chi connectivity index (χ3v) is 10.2. The van der Waals surface area contributed by atoms with Gasteiger partial charge < -0.3 is 0 Å². The summed E-state index contributed by atoms with van der Waals surface area (Å²) >= 11 is 0. The van der Waals surface area contributed by atoms with Gasteiger partial charge in [-0.25, -0.2) is 9.97 Å². The Kier molecular flexibility index (Phi) is 7.18. The second-order valence-electron chi connectivity index (χ2n) is 13.4. The molecule has 0 spiro atoms. The van der Waals surface area contributed by atoms with E-state index in [2.05, 4.69) is 194 Å². The molecule has 0 saturated carbocycles. The maximum atomic E-state index is 5.39. The quantitative estimate of drug-likeness (QED) is 0.172. The molecule has 1 heterocycles. The van der Waals surface area contributed by atoms with Crippen LogP contribution >= 0.6 is 0 Å². The Labute approximate surface area is 302 Å². The second kappa shape index (κ2) is 12.5. The molecule has 0 unspecified atom stereocenters. The first-order chi connectivity index (χ1) is 25.8. The van der Waals surface area contributed by atoms with Crippen molar-refractivity contribution >= 4 is 43.2 Å². The van der Waals surface area contributed by atoms with Gasteiger partial charge in [0.05, 0.1) is 11.2 Å². The number of nitrogens with zero attached hydrogens (tertiary/aromatic N) is 2. The lowest BCUT2D eigenvalue weighted by Crippen LogP contribution is -1.97. The monoisotopic (exact) mass is 660 g/mol. The fraction of sp³-hybridized carbons (Fsp3) is 0. The maximum absolute atomic E-state index is 5.39. The first-order valence-electron chi connectivity index (χ1n) is 17.7. The molecule has 242 valence electrons. The van der Waals surface area contributed by atoms with Gasteiger partial charge in [0, 0.05) is 16.5 Å². The minimum Gasteiger partial charge on any atom is -0.228 e. The Morgan fingerprint density at radius 3 is 1.60 bits per heavy atom. The number of fused-ring (bicyclic) bond motifs is 6. The summed E-state index contributed by atoms with van der Waals surface area (Å²) in [6.45, 7) is 0. The SMILES string of the molecule is c1ccc(-c2cc(-c3nc(-c4ccccc4)c4cc(-c5ccccc5)ccc4n3)cc(-c3cc4c5ccccc5ccc4c4ccccc34)c2)cc1. The molecular formula is C50H32N2. The predicted octanol–water partition coefficient (Wildman–Crippen LogP) is 13.4. The zero-order chi connectivity index (χ0) is 34.4. The molecule has 0 amide bonds. The Morgan fingerprint density at radius 2 is 0.846 bits per heavy atom. The molecule has 10 aromatic rings. The van der Waals surface area contributed by atoms with E-state index in [4.69, 9.17) is 9.97 Å². The Hall–Kier alpha value is -6.90. The number of aromatic nitrogens is 2. The van der Waals surface area contributed by atoms with E-state index in [9.17, 15) is 0 Å². The van der Waals surface area contributed by atoms with Gasteiger partial charge >= 0.3 is 0 Å². The molecule has 0 fully saturated rings. The van der Waals surface area contributed by atoms with Crippen LogP contribution in [-0.2, 0) is 0 Å². The van der Waals surface area contributed by atoms with Crippen LogP contribution in [0, 0.1) is 0 Å². The highest BCUT2D eigenvalue weighted by Gasteiger charge is 2.17. The zero-order valence-corrected chi connectivity index (χ0v) is 28.4. The average molecular weight is 661 g/mol. The van der Waals surface area contributed by atoms with Gasteiger partial charge in [0.15, 0.2) is 5.82 Å². The molecule has 1 aromatic heterocycles. The summed E-state index contributed by atoms with van der Waals surface area (Å²) in [6.07, 6.45) is 0. The van der Waals surface area contributed by atoms with Crippen LogP contribution in [-0.4, -0.2) is 9.97 Å². The molecule has 0 radical (unpaired) electrons. The van der Waals surface area contributed by atoms with E-state index in [-0.39, 0.29) is 0 Å². The van der Waals surface area contributed by atoms with Crippen LogP contribution in [0.4, 0.5) is 0 Å². The summed E-state index contributed by atoms with van der Waals surface area (Å²) in [4.78, 5) is 10.7. The molecule has 0 aliphatic rings. The normalized spacial score (nSPS) is 11.5. The fourth-order valence-electron chi connectivity index (χ4n) is 7.69. The molecular weight excluding hydrogens is 629 g/mol. The first-order valence-corrected chi connectivity index (χ1v) is 17.7. The molecule has 10 rings (SSSR count). The predicted molar refractivity (Wildman–Crippen MR) is 219 cm³/mol. The van der Waals surface area contributed by atoms with Gasteiger partial charge in [-0.3, -0.25) is 0 Å². The molecule has 0 N–H and O–H groups in total. The lowest BCUT2D eigenvalue weighted by atomic mass is 9.89. The summed E-state index contributed by atoms with van der Waals surface area (Å²) in [7, 11) is 0. The molecule has 0 saturated heterocycles. The maximum Gasteiger partial charge on any atom is 0.160 e. The van der Waals surface area contributed by atoms with E-state index < -0.39 is 0 Å². The number of hydrogen-bond donors (Lipinski definition) is 0. The van der Waals surface area contributed by atoms with Crippen molar-refractivity contribution < 1.29 is 0 Å². The molecule has 0 bridgehead atoms. The fourth-order valence-corrected chi connectivity index (χ4v) is 7.69. The van der Waals surface area contributed by atoms with Gasteiger partial charge in [0.25, 0.3) is 0 Å². The van der Waals surface area contributed by atoms with E-state index in [1.54, 1.807) is 0 Å². The van der Waals surface area contributed by atoms with Crippen molar-refractivity contribution in [3.05, 3.63) is 194 Å². The van der Waals surface area contributed by atoms with Crippen LogP contribution in [0.2, 0.25) is 0 Å². The molecule has 0 atom stereocenters. The Balaban J connectivity index is 1.25. The molecule has 9 aromatic carbocycles. The van der Waals surface area contributed by atoms with Crippen molar-refractivity contribution in [2.45, 2.75) is 0 Å². The van der Waals surface area contributed by atoms with E-state index >= 15 is 0 Å². The lowest BCUT2D eigenvalue weighted by molar-refractivity contribution is 1.23. The highest BCUT2D eigenvalue weighted by atomic mass is 14.9. The minimum absolute atomic E-state index is 0.702. The molecule has 2 nitrogen and oxygen atoms in total. The van der Waals surface area contributed by atoms with Crippen molar-refractivity contribution in [2.24, 2.45) is 0 Å². The van der Waals surface area contributed by atoms with Gasteiger partial charge in [-0.2, -0.15) is 0 Å². The third kappa shape index (κ3) is 5.21. The van der Waals surface area contributed by atoms with E-state index in [0.717, 1.165) is 50.0 Å². The van der Waals surface area contributed by atoms with Crippen molar-refractivity contribution in [3.8, 4) is 56.0 Å². The van der Waals surface area contributed by atoms with Crippen molar-refractivity contribution in [1.29, 1.82) is 0 Å². The third-order valence-electron chi connectivity index (χ3n) is 10.2. The molecule has 2 heteroatoms. The molecule has 0 aliphatic carbocycles. The second-order valence-corrected chi connectivity index (χ2v) is 13.4. The van der Waals surface area contributed by atoms with Gasteiger partial charge in [-0.05, 0) is 102 Å². The van der Waals surface area contributed by atoms with Crippen molar-refractivity contribution in [3.63, 3.8) is 0 Å². The standard InChI is InChI=1S/C50H32N2/c1-4-14-33(15-5-1)37-25-27-48-47(31-37)49(36-19-8-3-9-20-36)52-50(51-48)40-29-38(34-16-6-2-7-17-34)28-39(30-40)45-32-46-41-21-11-10-18-35(41)24-26-44(46)42-22-12-13-23-43(42)45/h1-32H. The first kappa shape index (κ1) is 30.0. The summed E-state index contributed by atoms with van der Waals surface area (Å²) in [5.74, 6) is 0.702. The summed E-state index contributed by atoms with van der Waals surface area (Å²) in [5, 5.41) is 8.51. The van der Waals surface area contributed by atoms with Crippen LogP contribution in [0.15, 0.2) is 194 Å². The van der Waals surface area contributed by atoms with Gasteiger partial charge in [0.2, 0.25) is 0 Å². The topological polar surface area (TPSA) is 25.8 Å². The summed E-state index contributed by atoms with van der Waals surface area (Å²) in [6, 6.07) is 69.3. The van der Waals surface area contributed by atoms with Crippen LogP contribution in [0.25, 0.3) is 99.2 Å². The van der Waals surface area contributed by atoms with E-state index in [1.807, 2.05) is 0 Å². The summed E-state index contributed by atoms with van der Waals surface area (Å²) < 4.78 is 0. The van der Waals surface area contributed by atoms with Crippen LogP contribution in [0.1, 0.15) is 0 Å². The highest BCUT2D eigenvalue weighted by Crippen LogP contribution is 2.41.